The third-order valence-electron chi connectivity index (χ3n) is 4.19. The van der Waals surface area contributed by atoms with Gasteiger partial charge in [-0.1, -0.05) is 36.4 Å². The van der Waals surface area contributed by atoms with Gasteiger partial charge in [0, 0.05) is 10.9 Å². The summed E-state index contributed by atoms with van der Waals surface area (Å²) in [6.07, 6.45) is 0. The Kier molecular flexibility index (Phi) is 3.24. The fourth-order valence-electron chi connectivity index (χ4n) is 3.00. The molecule has 0 amide bonds. The number of hydrogen-bond donors (Lipinski definition) is 2. The molecule has 0 unspecified atom stereocenters. The van der Waals surface area contributed by atoms with Crippen LogP contribution in [-0.2, 0) is 0 Å². The number of amidine groups is 1. The van der Waals surface area contributed by atoms with E-state index in [4.69, 9.17) is 20.3 Å². The Morgan fingerprint density at radius 1 is 1.00 bits per heavy atom. The average molecular weight is 316 g/mol. The van der Waals surface area contributed by atoms with Crippen molar-refractivity contribution in [1.29, 1.82) is 5.41 Å². The van der Waals surface area contributed by atoms with Crippen LogP contribution >= 0.6 is 0 Å². The molecule has 4 aromatic rings. The topological polar surface area (TPSA) is 72.2 Å². The number of furan rings is 1. The molecule has 24 heavy (non-hydrogen) atoms. The summed E-state index contributed by atoms with van der Waals surface area (Å²) in [5.41, 5.74) is 8.03. The van der Waals surface area contributed by atoms with Crippen LogP contribution in [-0.4, -0.2) is 12.9 Å². The van der Waals surface area contributed by atoms with E-state index in [2.05, 4.69) is 0 Å². The number of fused-ring (bicyclic) bond motifs is 2. The van der Waals surface area contributed by atoms with E-state index in [-0.39, 0.29) is 5.84 Å². The molecule has 4 rings (SSSR count). The normalized spacial score (nSPS) is 11.0. The quantitative estimate of drug-likeness (QED) is 0.430. The minimum Gasteiger partial charge on any atom is -0.496 e. The van der Waals surface area contributed by atoms with Gasteiger partial charge in [0.05, 0.1) is 12.7 Å². The zero-order valence-corrected chi connectivity index (χ0v) is 13.2. The number of ether oxygens (including phenoxy) is 1. The number of methoxy groups -OCH3 is 1. The first-order valence-corrected chi connectivity index (χ1v) is 7.61. The maximum absolute atomic E-state index is 7.70. The van der Waals surface area contributed by atoms with Gasteiger partial charge in [-0.05, 0) is 35.0 Å². The molecule has 0 aliphatic heterocycles. The minimum absolute atomic E-state index is 0.0373. The van der Waals surface area contributed by atoms with Crippen molar-refractivity contribution in [3.05, 3.63) is 66.2 Å². The Morgan fingerprint density at radius 3 is 2.54 bits per heavy atom. The zero-order chi connectivity index (χ0) is 16.7. The van der Waals surface area contributed by atoms with Crippen molar-refractivity contribution in [1.82, 2.24) is 0 Å². The van der Waals surface area contributed by atoms with Gasteiger partial charge < -0.3 is 14.9 Å². The Hall–Kier alpha value is -3.27. The second-order valence-electron chi connectivity index (χ2n) is 5.64. The average Bonchev–Trinajstić information content (AvgIpc) is 3.03. The molecule has 4 nitrogen and oxygen atoms in total. The van der Waals surface area contributed by atoms with Crippen LogP contribution in [0.25, 0.3) is 33.1 Å². The van der Waals surface area contributed by atoms with Crippen molar-refractivity contribution in [2.75, 3.05) is 7.11 Å². The standard InChI is InChI=1S/C20H16N2O2/c1-23-17-9-8-12-6-7-14(20(21)22)10-15(12)19(17)18-11-13-4-2-3-5-16(13)24-18/h2-11H,1H3,(H3,21,22). The molecule has 4 heteroatoms. The summed E-state index contributed by atoms with van der Waals surface area (Å²) in [4.78, 5) is 0. The summed E-state index contributed by atoms with van der Waals surface area (Å²) < 4.78 is 11.6. The highest BCUT2D eigenvalue weighted by molar-refractivity contribution is 6.05. The molecule has 0 saturated heterocycles. The van der Waals surface area contributed by atoms with Crippen molar-refractivity contribution < 1.29 is 9.15 Å². The number of rotatable bonds is 3. The smallest absolute Gasteiger partial charge is 0.139 e. The Balaban J connectivity index is 2.07. The van der Waals surface area contributed by atoms with E-state index in [0.29, 0.717) is 5.56 Å². The lowest BCUT2D eigenvalue weighted by Gasteiger charge is -2.11. The SMILES string of the molecule is COc1ccc2ccc(C(=N)N)cc2c1-c1cc2ccccc2o1. The van der Waals surface area contributed by atoms with E-state index in [0.717, 1.165) is 38.8 Å². The van der Waals surface area contributed by atoms with Gasteiger partial charge in [-0.3, -0.25) is 5.41 Å². The van der Waals surface area contributed by atoms with Gasteiger partial charge in [-0.25, -0.2) is 0 Å². The highest BCUT2D eigenvalue weighted by Gasteiger charge is 2.16. The van der Waals surface area contributed by atoms with E-state index in [9.17, 15) is 0 Å². The van der Waals surface area contributed by atoms with Gasteiger partial charge in [0.2, 0.25) is 0 Å². The van der Waals surface area contributed by atoms with Crippen LogP contribution in [0.15, 0.2) is 65.1 Å². The van der Waals surface area contributed by atoms with Gasteiger partial charge in [-0.15, -0.1) is 0 Å². The van der Waals surface area contributed by atoms with Crippen molar-refractivity contribution in [3.63, 3.8) is 0 Å². The predicted molar refractivity (Wildman–Crippen MR) is 96.7 cm³/mol. The molecule has 1 aromatic heterocycles. The molecular weight excluding hydrogens is 300 g/mol. The lowest BCUT2D eigenvalue weighted by Crippen LogP contribution is -2.10. The van der Waals surface area contributed by atoms with Crippen molar-refractivity contribution in [2.24, 2.45) is 5.73 Å². The Bertz CT molecular complexity index is 1050. The van der Waals surface area contributed by atoms with Gasteiger partial charge in [0.15, 0.2) is 0 Å². The molecule has 0 aliphatic carbocycles. The molecular formula is C20H16N2O2. The maximum atomic E-state index is 7.70. The number of nitrogens with two attached hydrogens (primary N) is 1. The molecule has 0 saturated carbocycles. The largest absolute Gasteiger partial charge is 0.496 e. The highest BCUT2D eigenvalue weighted by atomic mass is 16.5. The zero-order valence-electron chi connectivity index (χ0n) is 13.2. The fourth-order valence-corrected chi connectivity index (χ4v) is 3.00. The van der Waals surface area contributed by atoms with E-state index in [1.165, 1.54) is 0 Å². The first kappa shape index (κ1) is 14.3. The molecule has 3 aromatic carbocycles. The second kappa shape index (κ2) is 5.42. The van der Waals surface area contributed by atoms with Crippen LogP contribution in [0.4, 0.5) is 0 Å². The molecule has 118 valence electrons. The summed E-state index contributed by atoms with van der Waals surface area (Å²) in [6, 6.07) is 19.5. The van der Waals surface area contributed by atoms with Crippen LogP contribution in [0, 0.1) is 5.41 Å². The first-order valence-electron chi connectivity index (χ1n) is 7.61. The van der Waals surface area contributed by atoms with Crippen LogP contribution in [0.3, 0.4) is 0 Å². The van der Waals surface area contributed by atoms with Crippen molar-refractivity contribution in [3.8, 4) is 17.1 Å². The van der Waals surface area contributed by atoms with Crippen LogP contribution in [0.1, 0.15) is 5.56 Å². The van der Waals surface area contributed by atoms with Crippen LogP contribution in [0.5, 0.6) is 5.75 Å². The van der Waals surface area contributed by atoms with Gasteiger partial charge in [0.1, 0.15) is 22.9 Å². The van der Waals surface area contributed by atoms with Crippen LogP contribution < -0.4 is 10.5 Å². The van der Waals surface area contributed by atoms with Crippen molar-refractivity contribution in [2.45, 2.75) is 0 Å². The third kappa shape index (κ3) is 2.20. The molecule has 0 radical (unpaired) electrons. The second-order valence-corrected chi connectivity index (χ2v) is 5.64. The highest BCUT2D eigenvalue weighted by Crippen LogP contribution is 2.39. The summed E-state index contributed by atoms with van der Waals surface area (Å²) >= 11 is 0. The molecule has 3 N–H and O–H groups in total. The molecule has 1 heterocycles. The Morgan fingerprint density at radius 2 is 1.79 bits per heavy atom. The van der Waals surface area contributed by atoms with Gasteiger partial charge in [-0.2, -0.15) is 0 Å². The number of para-hydroxylation sites is 1. The van der Waals surface area contributed by atoms with E-state index >= 15 is 0 Å². The molecule has 0 aliphatic rings. The summed E-state index contributed by atoms with van der Waals surface area (Å²) in [7, 11) is 1.64. The number of nitrogens with one attached hydrogen (secondary N) is 1. The number of hydrogen-bond acceptors (Lipinski definition) is 3. The maximum Gasteiger partial charge on any atom is 0.139 e. The van der Waals surface area contributed by atoms with Gasteiger partial charge in [0.25, 0.3) is 0 Å². The fraction of sp³-hybridized carbons (Fsp3) is 0.0500. The third-order valence-corrected chi connectivity index (χ3v) is 4.19. The van der Waals surface area contributed by atoms with E-state index < -0.39 is 0 Å². The summed E-state index contributed by atoms with van der Waals surface area (Å²) in [6.45, 7) is 0. The van der Waals surface area contributed by atoms with E-state index in [1.807, 2.05) is 60.7 Å². The van der Waals surface area contributed by atoms with Crippen LogP contribution in [0.2, 0.25) is 0 Å². The monoisotopic (exact) mass is 316 g/mol. The number of benzene rings is 3. The molecule has 0 fully saturated rings. The Labute approximate surface area is 139 Å². The minimum atomic E-state index is 0.0373. The molecule has 0 bridgehead atoms. The van der Waals surface area contributed by atoms with Gasteiger partial charge >= 0.3 is 0 Å². The molecule has 0 atom stereocenters. The lowest BCUT2D eigenvalue weighted by molar-refractivity contribution is 0.415. The molecule has 0 spiro atoms. The van der Waals surface area contributed by atoms with Crippen molar-refractivity contribution >= 4 is 27.6 Å². The first-order chi connectivity index (χ1) is 11.7. The summed E-state index contributed by atoms with van der Waals surface area (Å²) in [5.74, 6) is 1.50. The summed E-state index contributed by atoms with van der Waals surface area (Å²) in [5, 5.41) is 10.7. The number of nitrogen functional groups attached to an aromatic ring is 1. The predicted octanol–water partition coefficient (Wildman–Crippen LogP) is 4.55. The lowest BCUT2D eigenvalue weighted by atomic mass is 9.99. The van der Waals surface area contributed by atoms with E-state index in [1.54, 1.807) is 7.11 Å².